The van der Waals surface area contributed by atoms with Crippen LogP contribution in [0.15, 0.2) is 47.4 Å². The lowest BCUT2D eigenvalue weighted by Gasteiger charge is -2.28. The van der Waals surface area contributed by atoms with E-state index in [-0.39, 0.29) is 10.8 Å². The van der Waals surface area contributed by atoms with Gasteiger partial charge in [-0.2, -0.15) is 0 Å². The van der Waals surface area contributed by atoms with E-state index in [1.807, 2.05) is 18.2 Å². The molecule has 1 N–H and O–H groups in total. The minimum absolute atomic E-state index is 0.00674. The number of hydrogen-bond donors (Lipinski definition) is 1. The maximum atomic E-state index is 12.7. The smallest absolute Gasteiger partial charge is 0.261 e. The molecule has 0 radical (unpaired) electrons. The third-order valence-corrected chi connectivity index (χ3v) is 6.15. The third kappa shape index (κ3) is 3.90. The van der Waals surface area contributed by atoms with Crippen LogP contribution >= 0.6 is 0 Å². The van der Waals surface area contributed by atoms with Gasteiger partial charge >= 0.3 is 0 Å². The van der Waals surface area contributed by atoms with Crippen LogP contribution in [-0.2, 0) is 27.8 Å². The predicted octanol–water partition coefficient (Wildman–Crippen LogP) is 3.52. The highest BCUT2D eigenvalue weighted by molar-refractivity contribution is 7.92. The number of rotatable bonds is 4. The average Bonchev–Trinajstić information content (AvgIpc) is 2.60. The first kappa shape index (κ1) is 18.5. The zero-order valence-electron chi connectivity index (χ0n) is 15.3. The molecule has 1 heterocycles. The Morgan fingerprint density at radius 2 is 1.77 bits per heavy atom. The van der Waals surface area contributed by atoms with Crippen molar-refractivity contribution in [2.75, 3.05) is 11.3 Å². The molecule has 3 rings (SSSR count). The lowest BCUT2D eigenvalue weighted by molar-refractivity contribution is -0.129. The van der Waals surface area contributed by atoms with Crippen LogP contribution in [-0.4, -0.2) is 25.8 Å². The number of sulfonamides is 1. The van der Waals surface area contributed by atoms with Gasteiger partial charge in [0.05, 0.1) is 4.90 Å². The summed E-state index contributed by atoms with van der Waals surface area (Å²) in [6.45, 7) is 6.85. The lowest BCUT2D eigenvalue weighted by atomic mass is 10.00. The summed E-state index contributed by atoms with van der Waals surface area (Å²) >= 11 is 0. The topological polar surface area (TPSA) is 66.5 Å². The van der Waals surface area contributed by atoms with Crippen LogP contribution in [0.5, 0.6) is 0 Å². The van der Waals surface area contributed by atoms with Gasteiger partial charge in [-0.05, 0) is 53.3 Å². The van der Waals surface area contributed by atoms with Crippen molar-refractivity contribution in [3.8, 4) is 0 Å². The number of anilines is 1. The lowest BCUT2D eigenvalue weighted by Crippen LogP contribution is -2.34. The van der Waals surface area contributed by atoms with E-state index < -0.39 is 10.0 Å². The van der Waals surface area contributed by atoms with E-state index in [1.165, 1.54) is 6.92 Å². The molecule has 26 heavy (non-hydrogen) atoms. The van der Waals surface area contributed by atoms with E-state index >= 15 is 0 Å². The van der Waals surface area contributed by atoms with Gasteiger partial charge in [-0.25, -0.2) is 8.42 Å². The van der Waals surface area contributed by atoms with Crippen molar-refractivity contribution in [3.63, 3.8) is 0 Å². The van der Waals surface area contributed by atoms with Crippen LogP contribution in [0.4, 0.5) is 5.69 Å². The number of hydrogen-bond acceptors (Lipinski definition) is 3. The summed E-state index contributed by atoms with van der Waals surface area (Å²) in [5.41, 5.74) is 3.69. The Bertz CT molecular complexity index is 919. The maximum Gasteiger partial charge on any atom is 0.261 e. The third-order valence-electron chi connectivity index (χ3n) is 4.78. The number of nitrogens with zero attached hydrogens (tertiary/aromatic N) is 1. The summed E-state index contributed by atoms with van der Waals surface area (Å²) in [7, 11) is -3.67. The highest BCUT2D eigenvalue weighted by Gasteiger charge is 2.21. The van der Waals surface area contributed by atoms with E-state index in [2.05, 4.69) is 18.6 Å². The van der Waals surface area contributed by atoms with E-state index in [9.17, 15) is 13.2 Å². The number of carbonyl (C=O) groups is 1. The van der Waals surface area contributed by atoms with Crippen molar-refractivity contribution < 1.29 is 13.2 Å². The molecule has 2 aromatic carbocycles. The average molecular weight is 372 g/mol. The zero-order chi connectivity index (χ0) is 18.9. The standard InChI is InChI=1S/C20H24N2O3S/c1-14(2)16-4-7-19(8-5-16)21-26(24,25)20-9-6-17-10-11-22(15(3)23)13-18(17)12-20/h4-9,12,14,21H,10-11,13H2,1-3H3. The molecule has 1 aliphatic heterocycles. The van der Waals surface area contributed by atoms with Gasteiger partial charge < -0.3 is 4.90 Å². The molecular weight excluding hydrogens is 348 g/mol. The molecule has 138 valence electrons. The molecule has 2 aromatic rings. The fourth-order valence-electron chi connectivity index (χ4n) is 3.12. The highest BCUT2D eigenvalue weighted by Crippen LogP contribution is 2.25. The molecule has 6 heteroatoms. The summed E-state index contributed by atoms with van der Waals surface area (Å²) in [5.74, 6) is 0.401. The maximum absolute atomic E-state index is 12.7. The molecule has 5 nitrogen and oxygen atoms in total. The molecule has 1 amide bonds. The van der Waals surface area contributed by atoms with Gasteiger partial charge in [-0.1, -0.05) is 32.0 Å². The van der Waals surface area contributed by atoms with Crippen molar-refractivity contribution in [1.29, 1.82) is 0 Å². The van der Waals surface area contributed by atoms with E-state index in [0.717, 1.165) is 23.1 Å². The largest absolute Gasteiger partial charge is 0.338 e. The second-order valence-corrected chi connectivity index (χ2v) is 8.69. The van der Waals surface area contributed by atoms with Crippen molar-refractivity contribution in [1.82, 2.24) is 4.90 Å². The molecule has 0 fully saturated rings. The Morgan fingerprint density at radius 1 is 1.08 bits per heavy atom. The number of carbonyl (C=O) groups excluding carboxylic acids is 1. The van der Waals surface area contributed by atoms with Crippen LogP contribution in [0.2, 0.25) is 0 Å². The van der Waals surface area contributed by atoms with E-state index in [0.29, 0.717) is 24.7 Å². The van der Waals surface area contributed by atoms with Gasteiger partial charge in [-0.3, -0.25) is 9.52 Å². The molecular formula is C20H24N2O3S. The van der Waals surface area contributed by atoms with Gasteiger partial charge in [0.15, 0.2) is 0 Å². The fraction of sp³-hybridized carbons (Fsp3) is 0.350. The zero-order valence-corrected chi connectivity index (χ0v) is 16.1. The number of fused-ring (bicyclic) bond motifs is 1. The first-order valence-corrected chi connectivity index (χ1v) is 10.2. The fourth-order valence-corrected chi connectivity index (χ4v) is 4.23. The molecule has 0 saturated carbocycles. The molecule has 1 aliphatic rings. The van der Waals surface area contributed by atoms with Crippen molar-refractivity contribution in [2.24, 2.45) is 0 Å². The Labute approximate surface area is 155 Å². The van der Waals surface area contributed by atoms with Gasteiger partial charge in [0.1, 0.15) is 0 Å². The normalized spacial score (nSPS) is 14.2. The SMILES string of the molecule is CC(=O)N1CCc2ccc(S(=O)(=O)Nc3ccc(C(C)C)cc3)cc2C1. The summed E-state index contributed by atoms with van der Waals surface area (Å²) in [6, 6.07) is 12.6. The van der Waals surface area contributed by atoms with Crippen molar-refractivity contribution >= 4 is 21.6 Å². The van der Waals surface area contributed by atoms with Crippen LogP contribution in [0, 0.1) is 0 Å². The van der Waals surface area contributed by atoms with E-state index in [4.69, 9.17) is 0 Å². The van der Waals surface area contributed by atoms with Crippen LogP contribution < -0.4 is 4.72 Å². The van der Waals surface area contributed by atoms with Crippen LogP contribution in [0.1, 0.15) is 43.4 Å². The minimum Gasteiger partial charge on any atom is -0.338 e. The molecule has 0 atom stereocenters. The second kappa shape index (κ2) is 7.11. The summed E-state index contributed by atoms with van der Waals surface area (Å²) in [6.07, 6.45) is 0.749. The van der Waals surface area contributed by atoms with Crippen molar-refractivity contribution in [3.05, 3.63) is 59.2 Å². The molecule has 0 bridgehead atoms. The first-order chi connectivity index (χ1) is 12.3. The van der Waals surface area contributed by atoms with Crippen LogP contribution in [0.3, 0.4) is 0 Å². The Kier molecular flexibility index (Phi) is 5.05. The summed E-state index contributed by atoms with van der Waals surface area (Å²) in [4.78, 5) is 13.6. The Balaban J connectivity index is 1.83. The summed E-state index contributed by atoms with van der Waals surface area (Å²) in [5, 5.41) is 0. The monoisotopic (exact) mass is 372 g/mol. The highest BCUT2D eigenvalue weighted by atomic mass is 32.2. The molecule has 0 spiro atoms. The number of nitrogens with one attached hydrogen (secondary N) is 1. The van der Waals surface area contributed by atoms with Gasteiger partial charge in [0.25, 0.3) is 10.0 Å². The molecule has 0 aliphatic carbocycles. The number of benzene rings is 2. The number of amides is 1. The second-order valence-electron chi connectivity index (χ2n) is 7.00. The van der Waals surface area contributed by atoms with Crippen molar-refractivity contribution in [2.45, 2.75) is 44.6 Å². The van der Waals surface area contributed by atoms with Gasteiger partial charge in [0.2, 0.25) is 5.91 Å². The first-order valence-electron chi connectivity index (χ1n) is 8.76. The predicted molar refractivity (Wildman–Crippen MR) is 103 cm³/mol. The Morgan fingerprint density at radius 3 is 2.38 bits per heavy atom. The van der Waals surface area contributed by atoms with E-state index in [1.54, 1.807) is 29.2 Å². The van der Waals surface area contributed by atoms with Gasteiger partial charge in [-0.15, -0.1) is 0 Å². The molecule has 0 unspecified atom stereocenters. The van der Waals surface area contributed by atoms with Crippen LogP contribution in [0.25, 0.3) is 0 Å². The molecule has 0 aromatic heterocycles. The van der Waals surface area contributed by atoms with Gasteiger partial charge in [0, 0.05) is 25.7 Å². The molecule has 0 saturated heterocycles. The summed E-state index contributed by atoms with van der Waals surface area (Å²) < 4.78 is 28.1. The minimum atomic E-state index is -3.67. The Hall–Kier alpha value is -2.34. The quantitative estimate of drug-likeness (QED) is 0.893.